The van der Waals surface area contributed by atoms with Crippen LogP contribution >= 0.6 is 0 Å². The van der Waals surface area contributed by atoms with Gasteiger partial charge in [-0.1, -0.05) is 31.4 Å². The average Bonchev–Trinajstić information content (AvgIpc) is 1.88. The lowest BCUT2D eigenvalue weighted by molar-refractivity contribution is 0.163. The van der Waals surface area contributed by atoms with Crippen molar-refractivity contribution < 1.29 is 4.84 Å². The van der Waals surface area contributed by atoms with Crippen molar-refractivity contribution in [1.82, 2.24) is 0 Å². The van der Waals surface area contributed by atoms with Crippen LogP contribution in [-0.4, -0.2) is 6.61 Å². The van der Waals surface area contributed by atoms with Crippen LogP contribution in [-0.2, 0) is 4.84 Å². The van der Waals surface area contributed by atoms with Gasteiger partial charge in [0.05, 0.1) is 6.61 Å². The molecule has 0 heterocycles. The average molecular weight is 125 g/mol. The fourth-order valence-corrected chi connectivity index (χ4v) is 0.423. The van der Waals surface area contributed by atoms with E-state index in [1.165, 1.54) is 0 Å². The summed E-state index contributed by atoms with van der Waals surface area (Å²) in [4.78, 5) is 4.36. The summed E-state index contributed by atoms with van der Waals surface area (Å²) in [6.45, 7) is 7.44. The Bertz CT molecular complexity index is 127. The predicted octanol–water partition coefficient (Wildman–Crippen LogP) is 1.18. The third-order valence-corrected chi connectivity index (χ3v) is 0.844. The molecule has 0 saturated carbocycles. The molecule has 50 valence electrons. The van der Waals surface area contributed by atoms with E-state index in [-0.39, 0.29) is 0 Å². The van der Waals surface area contributed by atoms with E-state index in [1.807, 2.05) is 0 Å². The molecule has 0 aromatic carbocycles. The zero-order valence-corrected chi connectivity index (χ0v) is 5.34. The summed E-state index contributed by atoms with van der Waals surface area (Å²) >= 11 is 0. The second-order valence-corrected chi connectivity index (χ2v) is 1.49. The highest BCUT2D eigenvalue weighted by molar-refractivity contribution is 5.21. The maximum absolute atomic E-state index is 4.81. The van der Waals surface area contributed by atoms with Gasteiger partial charge in [0.15, 0.2) is 0 Å². The molecule has 2 N–H and O–H groups in total. The molecule has 0 atom stereocenters. The molecule has 0 bridgehead atoms. The Kier molecular flexibility index (Phi) is 4.78. The van der Waals surface area contributed by atoms with E-state index in [9.17, 15) is 0 Å². The Morgan fingerprint density at radius 2 is 2.22 bits per heavy atom. The first-order chi connectivity index (χ1) is 4.35. The van der Waals surface area contributed by atoms with E-state index >= 15 is 0 Å². The predicted molar refractivity (Wildman–Crippen MR) is 38.6 cm³/mol. The third-order valence-electron chi connectivity index (χ3n) is 0.844. The monoisotopic (exact) mass is 125 g/mol. The minimum Gasteiger partial charge on any atom is -0.300 e. The normalized spacial score (nSPS) is 11.0. The molecule has 0 aliphatic carbocycles. The Balaban J connectivity index is 3.80. The molecule has 0 fully saturated rings. The van der Waals surface area contributed by atoms with Gasteiger partial charge in [-0.25, -0.2) is 5.90 Å². The maximum Gasteiger partial charge on any atom is 0.0929 e. The van der Waals surface area contributed by atoms with Gasteiger partial charge >= 0.3 is 0 Å². The highest BCUT2D eigenvalue weighted by Crippen LogP contribution is 1.93. The Labute approximate surface area is 55.3 Å². The SMILES string of the molecule is C=C/C=C(\C=C)CON. The molecular formula is C7H11NO. The Hall–Kier alpha value is -0.860. The number of allylic oxidation sites excluding steroid dienone is 2. The van der Waals surface area contributed by atoms with Gasteiger partial charge in [-0.2, -0.15) is 0 Å². The van der Waals surface area contributed by atoms with Crippen LogP contribution in [0.15, 0.2) is 37.0 Å². The van der Waals surface area contributed by atoms with Gasteiger partial charge in [0.2, 0.25) is 0 Å². The molecule has 0 saturated heterocycles. The minimum absolute atomic E-state index is 0.384. The summed E-state index contributed by atoms with van der Waals surface area (Å²) in [6.07, 6.45) is 5.13. The molecule has 0 rings (SSSR count). The summed E-state index contributed by atoms with van der Waals surface area (Å²) in [5.74, 6) is 4.81. The summed E-state index contributed by atoms with van der Waals surface area (Å²) in [6, 6.07) is 0. The quantitative estimate of drug-likeness (QED) is 0.452. The lowest BCUT2D eigenvalue weighted by Gasteiger charge is -1.94. The van der Waals surface area contributed by atoms with Crippen LogP contribution in [0.2, 0.25) is 0 Å². The maximum atomic E-state index is 4.81. The first kappa shape index (κ1) is 8.14. The van der Waals surface area contributed by atoms with Gasteiger partial charge in [-0.05, 0) is 5.57 Å². The largest absolute Gasteiger partial charge is 0.300 e. The van der Waals surface area contributed by atoms with Crippen molar-refractivity contribution in [2.24, 2.45) is 5.90 Å². The number of hydrogen-bond donors (Lipinski definition) is 1. The smallest absolute Gasteiger partial charge is 0.0929 e. The fourth-order valence-electron chi connectivity index (χ4n) is 0.423. The van der Waals surface area contributed by atoms with Gasteiger partial charge in [-0.3, -0.25) is 4.84 Å². The number of hydrogen-bond acceptors (Lipinski definition) is 2. The fraction of sp³-hybridized carbons (Fsp3) is 0.143. The van der Waals surface area contributed by atoms with Crippen molar-refractivity contribution in [2.75, 3.05) is 6.61 Å². The molecule has 0 aliphatic heterocycles. The first-order valence-electron chi connectivity index (χ1n) is 2.61. The zero-order valence-electron chi connectivity index (χ0n) is 5.34. The van der Waals surface area contributed by atoms with Crippen LogP contribution in [0, 0.1) is 0 Å². The van der Waals surface area contributed by atoms with Crippen molar-refractivity contribution in [3.63, 3.8) is 0 Å². The Morgan fingerprint density at radius 3 is 2.56 bits per heavy atom. The van der Waals surface area contributed by atoms with E-state index in [0.717, 1.165) is 5.57 Å². The highest BCUT2D eigenvalue weighted by atomic mass is 16.6. The molecule has 0 unspecified atom stereocenters. The van der Waals surface area contributed by atoms with Crippen molar-refractivity contribution in [3.8, 4) is 0 Å². The molecule has 9 heavy (non-hydrogen) atoms. The lowest BCUT2D eigenvalue weighted by atomic mass is 10.2. The molecule has 2 heteroatoms. The van der Waals surface area contributed by atoms with Gasteiger partial charge in [0.25, 0.3) is 0 Å². The third kappa shape index (κ3) is 3.70. The van der Waals surface area contributed by atoms with Gasteiger partial charge in [0, 0.05) is 0 Å². The van der Waals surface area contributed by atoms with E-state index in [4.69, 9.17) is 5.90 Å². The van der Waals surface area contributed by atoms with E-state index < -0.39 is 0 Å². The standard InChI is InChI=1S/C7H11NO/c1-3-5-7(4-2)6-9-8/h3-5H,1-2,6,8H2/b7-5+. The molecule has 0 spiro atoms. The summed E-state index contributed by atoms with van der Waals surface area (Å²) < 4.78 is 0. The van der Waals surface area contributed by atoms with Crippen LogP contribution in [0.1, 0.15) is 0 Å². The van der Waals surface area contributed by atoms with Crippen LogP contribution in [0.4, 0.5) is 0 Å². The van der Waals surface area contributed by atoms with Gasteiger partial charge < -0.3 is 0 Å². The van der Waals surface area contributed by atoms with Crippen molar-refractivity contribution in [3.05, 3.63) is 37.0 Å². The molecular weight excluding hydrogens is 114 g/mol. The number of rotatable bonds is 4. The summed E-state index contributed by atoms with van der Waals surface area (Å²) in [7, 11) is 0. The van der Waals surface area contributed by atoms with Crippen LogP contribution in [0.3, 0.4) is 0 Å². The lowest BCUT2D eigenvalue weighted by Crippen LogP contribution is -2.01. The van der Waals surface area contributed by atoms with E-state index in [0.29, 0.717) is 6.61 Å². The van der Waals surface area contributed by atoms with Crippen LogP contribution < -0.4 is 5.90 Å². The van der Waals surface area contributed by atoms with Crippen LogP contribution in [0.5, 0.6) is 0 Å². The summed E-state index contributed by atoms with van der Waals surface area (Å²) in [5, 5.41) is 0. The van der Waals surface area contributed by atoms with Crippen molar-refractivity contribution >= 4 is 0 Å². The molecule has 0 aromatic heterocycles. The molecule has 0 aromatic rings. The molecule has 0 radical (unpaired) electrons. The second kappa shape index (κ2) is 5.28. The van der Waals surface area contributed by atoms with Crippen LogP contribution in [0.25, 0.3) is 0 Å². The molecule has 0 aliphatic rings. The first-order valence-corrected chi connectivity index (χ1v) is 2.61. The Morgan fingerprint density at radius 1 is 1.56 bits per heavy atom. The van der Waals surface area contributed by atoms with Gasteiger partial charge in [0.1, 0.15) is 0 Å². The number of nitrogens with two attached hydrogens (primary N) is 1. The second-order valence-electron chi connectivity index (χ2n) is 1.49. The van der Waals surface area contributed by atoms with E-state index in [2.05, 4.69) is 18.0 Å². The van der Waals surface area contributed by atoms with Gasteiger partial charge in [-0.15, -0.1) is 0 Å². The topological polar surface area (TPSA) is 35.2 Å². The zero-order chi connectivity index (χ0) is 7.11. The summed E-state index contributed by atoms with van der Waals surface area (Å²) in [5.41, 5.74) is 0.924. The van der Waals surface area contributed by atoms with Crippen molar-refractivity contribution in [1.29, 1.82) is 0 Å². The van der Waals surface area contributed by atoms with Crippen molar-refractivity contribution in [2.45, 2.75) is 0 Å². The molecule has 2 nitrogen and oxygen atoms in total. The minimum atomic E-state index is 0.384. The van der Waals surface area contributed by atoms with E-state index in [1.54, 1.807) is 18.2 Å². The highest BCUT2D eigenvalue weighted by Gasteiger charge is 1.85. The molecule has 0 amide bonds.